The summed E-state index contributed by atoms with van der Waals surface area (Å²) in [4.78, 5) is 20.1. The number of carbonyl (C=O) groups excluding carboxylic acids is 1. The highest BCUT2D eigenvalue weighted by Crippen LogP contribution is 2.33. The number of nitrogens with zero attached hydrogens (tertiary/aromatic N) is 3. The van der Waals surface area contributed by atoms with E-state index in [1.165, 1.54) is 18.6 Å². The molecule has 0 radical (unpaired) electrons. The topological polar surface area (TPSA) is 119 Å². The van der Waals surface area contributed by atoms with E-state index in [2.05, 4.69) is 15.4 Å². The first kappa shape index (κ1) is 22.6. The minimum atomic E-state index is -0.587. The van der Waals surface area contributed by atoms with E-state index in [-0.39, 0.29) is 23.3 Å². The summed E-state index contributed by atoms with van der Waals surface area (Å²) in [5, 5.41) is 1.55. The van der Waals surface area contributed by atoms with E-state index >= 15 is 4.39 Å². The number of benzene rings is 1. The van der Waals surface area contributed by atoms with Gasteiger partial charge in [-0.15, -0.1) is 0 Å². The van der Waals surface area contributed by atoms with Crippen LogP contribution in [0.25, 0.3) is 11.1 Å². The average molecular weight is 451 g/mol. The molecule has 2 unspecified atom stereocenters. The molecule has 2 heterocycles. The molecule has 0 saturated heterocycles. The Kier molecular flexibility index (Phi) is 6.81. The maximum Gasteiger partial charge on any atom is 0.250 e. The van der Waals surface area contributed by atoms with Crippen molar-refractivity contribution in [2.45, 2.75) is 37.8 Å². The second kappa shape index (κ2) is 9.93. The van der Waals surface area contributed by atoms with Crippen molar-refractivity contribution in [3.63, 3.8) is 0 Å². The summed E-state index contributed by atoms with van der Waals surface area (Å²) in [6.45, 7) is 0. The molecule has 172 valence electrons. The van der Waals surface area contributed by atoms with Gasteiger partial charge >= 0.3 is 0 Å². The predicted octanol–water partition coefficient (Wildman–Crippen LogP) is 3.30. The summed E-state index contributed by atoms with van der Waals surface area (Å²) >= 11 is 0. The average Bonchev–Trinajstić information content (AvgIpc) is 2.84. The largest absolute Gasteiger partial charge is 0.497 e. The Morgan fingerprint density at radius 3 is 2.70 bits per heavy atom. The van der Waals surface area contributed by atoms with Crippen molar-refractivity contribution in [1.82, 2.24) is 15.4 Å². The standard InChI is InChI=1S/C24H27FN6O2/c1-33-17-6-4-5-15(11-17)18-13-28-14-21(23(18)25)31(30-20-8-3-2-7-19(20)26)22-10-9-16(12-29-22)24(27)32/h4-6,9-14,19-20,30H,2-3,7-8,26H2,1H3,(H2,27,32). The van der Waals surface area contributed by atoms with Crippen LogP contribution < -0.4 is 26.6 Å². The zero-order chi connectivity index (χ0) is 23.4. The monoisotopic (exact) mass is 450 g/mol. The quantitative estimate of drug-likeness (QED) is 0.473. The third kappa shape index (κ3) is 4.94. The second-order valence-corrected chi connectivity index (χ2v) is 8.04. The first-order valence-corrected chi connectivity index (χ1v) is 10.8. The highest BCUT2D eigenvalue weighted by Gasteiger charge is 2.27. The molecule has 1 saturated carbocycles. The molecule has 2 atom stereocenters. The first-order chi connectivity index (χ1) is 16.0. The van der Waals surface area contributed by atoms with E-state index in [0.29, 0.717) is 22.7 Å². The molecule has 33 heavy (non-hydrogen) atoms. The highest BCUT2D eigenvalue weighted by molar-refractivity contribution is 5.92. The van der Waals surface area contributed by atoms with E-state index in [1.807, 2.05) is 0 Å². The van der Waals surface area contributed by atoms with Gasteiger partial charge in [-0.2, -0.15) is 0 Å². The predicted molar refractivity (Wildman–Crippen MR) is 124 cm³/mol. The number of pyridine rings is 2. The fraction of sp³-hybridized carbons (Fsp3) is 0.292. The van der Waals surface area contributed by atoms with E-state index in [1.54, 1.807) is 48.5 Å². The maximum atomic E-state index is 15.9. The number of hydrogen-bond donors (Lipinski definition) is 3. The molecule has 1 aromatic carbocycles. The normalized spacial score (nSPS) is 18.0. The number of carbonyl (C=O) groups is 1. The summed E-state index contributed by atoms with van der Waals surface area (Å²) in [6.07, 6.45) is 8.09. The van der Waals surface area contributed by atoms with Crippen LogP contribution in [0.15, 0.2) is 55.0 Å². The summed E-state index contributed by atoms with van der Waals surface area (Å²) < 4.78 is 21.2. The lowest BCUT2D eigenvalue weighted by molar-refractivity contribution is 0.1000. The summed E-state index contributed by atoms with van der Waals surface area (Å²) in [5.41, 5.74) is 16.4. The van der Waals surface area contributed by atoms with E-state index in [4.69, 9.17) is 16.2 Å². The SMILES string of the molecule is COc1cccc(-c2cncc(N(NC3CCCCC3N)c3ccc(C(N)=O)cn3)c2F)c1. The van der Waals surface area contributed by atoms with Crippen molar-refractivity contribution in [3.05, 3.63) is 66.4 Å². The van der Waals surface area contributed by atoms with Crippen LogP contribution in [0, 0.1) is 5.82 Å². The van der Waals surface area contributed by atoms with Crippen molar-refractivity contribution < 1.29 is 13.9 Å². The Hall–Kier alpha value is -3.56. The van der Waals surface area contributed by atoms with Crippen LogP contribution in [0.1, 0.15) is 36.0 Å². The van der Waals surface area contributed by atoms with Gasteiger partial charge in [-0.3, -0.25) is 14.8 Å². The number of rotatable bonds is 7. The van der Waals surface area contributed by atoms with Crippen LogP contribution in [-0.2, 0) is 0 Å². The second-order valence-electron chi connectivity index (χ2n) is 8.04. The lowest BCUT2D eigenvalue weighted by atomic mass is 9.91. The molecule has 3 aromatic rings. The van der Waals surface area contributed by atoms with Gasteiger partial charge in [-0.1, -0.05) is 25.0 Å². The Morgan fingerprint density at radius 1 is 1.18 bits per heavy atom. The number of amides is 1. The number of primary amides is 1. The van der Waals surface area contributed by atoms with E-state index < -0.39 is 11.7 Å². The molecule has 1 fully saturated rings. The summed E-state index contributed by atoms with van der Waals surface area (Å²) in [5.74, 6) is -0.0583. The summed E-state index contributed by atoms with van der Waals surface area (Å²) in [6, 6.07) is 10.1. The molecule has 0 aliphatic heterocycles. The first-order valence-electron chi connectivity index (χ1n) is 10.8. The highest BCUT2D eigenvalue weighted by atomic mass is 19.1. The fourth-order valence-electron chi connectivity index (χ4n) is 3.99. The lowest BCUT2D eigenvalue weighted by Gasteiger charge is -2.35. The molecule has 0 spiro atoms. The van der Waals surface area contributed by atoms with Crippen molar-refractivity contribution in [1.29, 1.82) is 0 Å². The maximum absolute atomic E-state index is 15.9. The van der Waals surface area contributed by atoms with E-state index in [9.17, 15) is 4.79 Å². The smallest absolute Gasteiger partial charge is 0.250 e. The Bertz CT molecular complexity index is 1120. The molecule has 1 amide bonds. The van der Waals surface area contributed by atoms with Crippen LogP contribution in [-0.4, -0.2) is 35.1 Å². The molecule has 2 aromatic heterocycles. The number of nitrogens with two attached hydrogens (primary N) is 2. The minimum Gasteiger partial charge on any atom is -0.497 e. The molecule has 1 aliphatic rings. The van der Waals surface area contributed by atoms with Crippen LogP contribution in [0.5, 0.6) is 5.75 Å². The molecule has 4 rings (SSSR count). The van der Waals surface area contributed by atoms with Crippen LogP contribution in [0.3, 0.4) is 0 Å². The zero-order valence-electron chi connectivity index (χ0n) is 18.4. The third-order valence-corrected chi connectivity index (χ3v) is 5.86. The van der Waals surface area contributed by atoms with Gasteiger partial charge < -0.3 is 16.2 Å². The van der Waals surface area contributed by atoms with Gasteiger partial charge in [-0.05, 0) is 42.7 Å². The number of methoxy groups -OCH3 is 1. The molecule has 5 N–H and O–H groups in total. The van der Waals surface area contributed by atoms with Crippen molar-refractivity contribution in [2.75, 3.05) is 12.1 Å². The van der Waals surface area contributed by atoms with Gasteiger partial charge in [0.05, 0.1) is 18.9 Å². The van der Waals surface area contributed by atoms with Crippen LogP contribution in [0.4, 0.5) is 15.9 Å². The molecule has 0 bridgehead atoms. The van der Waals surface area contributed by atoms with Crippen molar-refractivity contribution in [3.8, 4) is 16.9 Å². The van der Waals surface area contributed by atoms with Crippen LogP contribution in [0.2, 0.25) is 0 Å². The van der Waals surface area contributed by atoms with Gasteiger partial charge in [0.15, 0.2) is 5.82 Å². The number of hydrogen-bond acceptors (Lipinski definition) is 7. The Morgan fingerprint density at radius 2 is 2.00 bits per heavy atom. The number of hydrazine groups is 1. The molecular weight excluding hydrogens is 423 g/mol. The van der Waals surface area contributed by atoms with Gasteiger partial charge in [0.2, 0.25) is 5.91 Å². The number of anilines is 2. The molecule has 8 nitrogen and oxygen atoms in total. The van der Waals surface area contributed by atoms with Gasteiger partial charge in [0, 0.05) is 30.0 Å². The molecule has 1 aliphatic carbocycles. The van der Waals surface area contributed by atoms with Gasteiger partial charge in [0.25, 0.3) is 0 Å². The fourth-order valence-corrected chi connectivity index (χ4v) is 3.99. The zero-order valence-corrected chi connectivity index (χ0v) is 18.4. The number of ether oxygens (including phenoxy) is 1. The minimum absolute atomic E-state index is 0.0729. The lowest BCUT2D eigenvalue weighted by Crippen LogP contribution is -2.53. The van der Waals surface area contributed by atoms with Crippen molar-refractivity contribution >= 4 is 17.4 Å². The third-order valence-electron chi connectivity index (χ3n) is 5.86. The van der Waals surface area contributed by atoms with Crippen LogP contribution >= 0.6 is 0 Å². The Labute approximate surface area is 191 Å². The van der Waals surface area contributed by atoms with Gasteiger partial charge in [-0.25, -0.2) is 14.8 Å². The number of halogens is 1. The van der Waals surface area contributed by atoms with Gasteiger partial charge in [0.1, 0.15) is 17.3 Å². The number of nitrogens with one attached hydrogen (secondary N) is 1. The summed E-state index contributed by atoms with van der Waals surface area (Å²) in [7, 11) is 1.56. The molecular formula is C24H27FN6O2. The Balaban J connectivity index is 1.77. The number of aromatic nitrogens is 2. The van der Waals surface area contributed by atoms with Crippen molar-refractivity contribution in [2.24, 2.45) is 11.5 Å². The van der Waals surface area contributed by atoms with E-state index in [0.717, 1.165) is 25.7 Å². The molecule has 9 heteroatoms.